The monoisotopic (exact) mass is 363 g/mol. The summed E-state index contributed by atoms with van der Waals surface area (Å²) in [7, 11) is 1.72. The molecule has 0 aliphatic heterocycles. The third kappa shape index (κ3) is 8.30. The lowest BCUT2D eigenvalue weighted by Crippen LogP contribution is -2.22. The number of hydrogen-bond acceptors (Lipinski definition) is 2. The number of para-hydroxylation sites is 1. The Morgan fingerprint density at radius 1 is 1.22 bits per heavy atom. The number of ether oxygens (including phenoxy) is 1. The average Bonchev–Trinajstić information content (AvgIpc) is 2.35. The zero-order valence-electron chi connectivity index (χ0n) is 10.8. The topological polar surface area (TPSA) is 59.6 Å². The van der Waals surface area contributed by atoms with Gasteiger partial charge in [-0.25, -0.2) is 0 Å². The minimum atomic E-state index is 0. The predicted molar refractivity (Wildman–Crippen MR) is 87.7 cm³/mol. The first-order chi connectivity index (χ1) is 8.33. The van der Waals surface area contributed by atoms with E-state index in [0.717, 1.165) is 38.1 Å². The zero-order valence-corrected chi connectivity index (χ0v) is 13.1. The Morgan fingerprint density at radius 2 is 1.94 bits per heavy atom. The summed E-state index contributed by atoms with van der Waals surface area (Å²) in [5.41, 5.74) is 6.73. The minimum absolute atomic E-state index is 0. The molecule has 0 unspecified atom stereocenters. The van der Waals surface area contributed by atoms with Gasteiger partial charge in [-0.1, -0.05) is 18.2 Å². The molecule has 0 saturated carbocycles. The van der Waals surface area contributed by atoms with E-state index in [2.05, 4.69) is 10.3 Å². The fraction of sp³-hybridized carbons (Fsp3) is 0.462. The number of guanidine groups is 1. The molecule has 0 atom stereocenters. The number of aliphatic imine (C=N–C) groups is 1. The Labute approximate surface area is 126 Å². The molecule has 1 aromatic rings. The number of rotatable bonds is 7. The molecule has 0 radical (unpaired) electrons. The van der Waals surface area contributed by atoms with Gasteiger partial charge in [0, 0.05) is 25.9 Å². The van der Waals surface area contributed by atoms with E-state index in [1.54, 1.807) is 7.11 Å². The summed E-state index contributed by atoms with van der Waals surface area (Å²) >= 11 is 0. The molecule has 1 aromatic carbocycles. The third-order valence-corrected chi connectivity index (χ3v) is 2.33. The number of halogens is 1. The lowest BCUT2D eigenvalue weighted by atomic mass is 10.2. The summed E-state index contributed by atoms with van der Waals surface area (Å²) in [4.78, 5) is 4.26. The molecule has 1 rings (SSSR count). The van der Waals surface area contributed by atoms with Gasteiger partial charge >= 0.3 is 0 Å². The summed E-state index contributed by atoms with van der Waals surface area (Å²) in [5, 5.41) is 3.05. The van der Waals surface area contributed by atoms with Gasteiger partial charge in [0.2, 0.25) is 0 Å². The third-order valence-electron chi connectivity index (χ3n) is 2.33. The molecular weight excluding hydrogens is 341 g/mol. The van der Waals surface area contributed by atoms with Gasteiger partial charge in [-0.3, -0.25) is 4.99 Å². The van der Waals surface area contributed by atoms with E-state index in [4.69, 9.17) is 10.5 Å². The van der Waals surface area contributed by atoms with Crippen LogP contribution in [-0.4, -0.2) is 26.2 Å². The number of benzene rings is 1. The fourth-order valence-corrected chi connectivity index (χ4v) is 1.44. The number of methoxy groups -OCH3 is 1. The normalized spacial score (nSPS) is 10.8. The van der Waals surface area contributed by atoms with E-state index < -0.39 is 0 Å². The average molecular weight is 363 g/mol. The van der Waals surface area contributed by atoms with Crippen molar-refractivity contribution in [2.24, 2.45) is 10.7 Å². The molecule has 0 spiro atoms. The lowest BCUT2D eigenvalue weighted by molar-refractivity contribution is 0.192. The number of unbranched alkanes of at least 4 members (excludes halogenated alkanes) is 2. The van der Waals surface area contributed by atoms with Crippen molar-refractivity contribution >= 4 is 35.6 Å². The fourth-order valence-electron chi connectivity index (χ4n) is 1.44. The van der Waals surface area contributed by atoms with Gasteiger partial charge in [-0.2, -0.15) is 0 Å². The number of nitrogens with zero attached hydrogens (tertiary/aromatic N) is 1. The lowest BCUT2D eigenvalue weighted by Gasteiger charge is -2.04. The molecule has 0 aliphatic carbocycles. The van der Waals surface area contributed by atoms with E-state index in [-0.39, 0.29) is 24.0 Å². The maximum absolute atomic E-state index is 5.76. The number of nitrogens with two attached hydrogens (primary N) is 1. The smallest absolute Gasteiger partial charge is 0.193 e. The van der Waals surface area contributed by atoms with E-state index in [1.807, 2.05) is 30.3 Å². The molecule has 0 amide bonds. The van der Waals surface area contributed by atoms with Crippen LogP contribution in [0.2, 0.25) is 0 Å². The summed E-state index contributed by atoms with van der Waals surface area (Å²) in [6.45, 7) is 1.58. The van der Waals surface area contributed by atoms with E-state index >= 15 is 0 Å². The molecule has 0 aliphatic rings. The van der Waals surface area contributed by atoms with Crippen LogP contribution < -0.4 is 11.1 Å². The number of nitrogens with one attached hydrogen (secondary N) is 1. The Balaban J connectivity index is 0.00000289. The van der Waals surface area contributed by atoms with Crippen molar-refractivity contribution < 1.29 is 4.74 Å². The molecule has 0 bridgehead atoms. The van der Waals surface area contributed by atoms with E-state index in [9.17, 15) is 0 Å². The quantitative estimate of drug-likeness (QED) is 0.339. The molecule has 102 valence electrons. The van der Waals surface area contributed by atoms with Gasteiger partial charge in [0.15, 0.2) is 5.96 Å². The van der Waals surface area contributed by atoms with E-state index in [0.29, 0.717) is 5.96 Å². The number of anilines is 1. The van der Waals surface area contributed by atoms with Gasteiger partial charge in [-0.05, 0) is 31.4 Å². The van der Waals surface area contributed by atoms with Crippen molar-refractivity contribution in [3.8, 4) is 0 Å². The molecule has 4 nitrogen and oxygen atoms in total. The van der Waals surface area contributed by atoms with Gasteiger partial charge in [-0.15, -0.1) is 24.0 Å². The molecule has 0 saturated heterocycles. The molecule has 5 heteroatoms. The molecule has 18 heavy (non-hydrogen) atoms. The maximum Gasteiger partial charge on any atom is 0.193 e. The molecule has 0 aromatic heterocycles. The first-order valence-electron chi connectivity index (χ1n) is 5.94. The Hall–Kier alpha value is -0.820. The van der Waals surface area contributed by atoms with Crippen LogP contribution >= 0.6 is 24.0 Å². The summed E-state index contributed by atoms with van der Waals surface area (Å²) in [6.07, 6.45) is 3.24. The number of hydrogen-bond donors (Lipinski definition) is 2. The van der Waals surface area contributed by atoms with Crippen LogP contribution in [0.5, 0.6) is 0 Å². The van der Waals surface area contributed by atoms with Crippen LogP contribution in [-0.2, 0) is 4.74 Å². The van der Waals surface area contributed by atoms with Crippen LogP contribution in [0, 0.1) is 0 Å². The van der Waals surface area contributed by atoms with Gasteiger partial charge < -0.3 is 15.8 Å². The van der Waals surface area contributed by atoms with Crippen LogP contribution in [0.3, 0.4) is 0 Å². The highest BCUT2D eigenvalue weighted by molar-refractivity contribution is 14.0. The summed E-state index contributed by atoms with van der Waals surface area (Å²) in [6, 6.07) is 9.80. The van der Waals surface area contributed by atoms with Crippen molar-refractivity contribution in [3.05, 3.63) is 30.3 Å². The summed E-state index contributed by atoms with van der Waals surface area (Å²) < 4.78 is 4.98. The second-order valence-electron chi connectivity index (χ2n) is 3.81. The van der Waals surface area contributed by atoms with Gasteiger partial charge in [0.05, 0.1) is 0 Å². The highest BCUT2D eigenvalue weighted by Crippen LogP contribution is 2.04. The molecule has 0 fully saturated rings. The second kappa shape index (κ2) is 11.3. The van der Waals surface area contributed by atoms with Crippen molar-refractivity contribution in [1.29, 1.82) is 0 Å². The highest BCUT2D eigenvalue weighted by Gasteiger charge is 1.93. The maximum atomic E-state index is 5.76. The summed E-state index contributed by atoms with van der Waals surface area (Å²) in [5.74, 6) is 0.475. The first-order valence-corrected chi connectivity index (χ1v) is 5.94. The second-order valence-corrected chi connectivity index (χ2v) is 3.81. The predicted octanol–water partition coefficient (Wildman–Crippen LogP) is 2.85. The van der Waals surface area contributed by atoms with Crippen molar-refractivity contribution in [3.63, 3.8) is 0 Å². The standard InChI is InChI=1S/C13H21N3O.HI/c1-17-11-7-3-6-10-15-13(14)16-12-8-4-2-5-9-12;/h2,4-5,8-9H,3,6-7,10-11H2,1H3,(H3,14,15,16);1H. The van der Waals surface area contributed by atoms with Crippen molar-refractivity contribution in [2.45, 2.75) is 19.3 Å². The largest absolute Gasteiger partial charge is 0.385 e. The van der Waals surface area contributed by atoms with Crippen molar-refractivity contribution in [1.82, 2.24) is 0 Å². The van der Waals surface area contributed by atoms with Crippen LogP contribution in [0.1, 0.15) is 19.3 Å². The highest BCUT2D eigenvalue weighted by atomic mass is 127. The Morgan fingerprint density at radius 3 is 2.61 bits per heavy atom. The Kier molecular flexibility index (Phi) is 10.8. The zero-order chi connectivity index (χ0) is 12.3. The van der Waals surface area contributed by atoms with Crippen molar-refractivity contribution in [2.75, 3.05) is 25.6 Å². The first kappa shape index (κ1) is 17.2. The SMILES string of the molecule is COCCCCCN=C(N)Nc1ccccc1.I. The van der Waals surface area contributed by atoms with Gasteiger partial charge in [0.25, 0.3) is 0 Å². The van der Waals surface area contributed by atoms with Crippen LogP contribution in [0.4, 0.5) is 5.69 Å². The molecule has 0 heterocycles. The minimum Gasteiger partial charge on any atom is -0.385 e. The Bertz CT molecular complexity index is 330. The van der Waals surface area contributed by atoms with Crippen LogP contribution in [0.25, 0.3) is 0 Å². The molecule has 3 N–H and O–H groups in total. The van der Waals surface area contributed by atoms with Crippen LogP contribution in [0.15, 0.2) is 35.3 Å². The van der Waals surface area contributed by atoms with Gasteiger partial charge in [0.1, 0.15) is 0 Å². The van der Waals surface area contributed by atoms with E-state index in [1.165, 1.54) is 0 Å². The molecular formula is C13H22IN3O.